The van der Waals surface area contributed by atoms with Crippen LogP contribution in [0.5, 0.6) is 11.5 Å². The molecule has 34 heavy (non-hydrogen) atoms. The monoisotopic (exact) mass is 476 g/mol. The number of carbonyl (C=O) groups is 2. The summed E-state index contributed by atoms with van der Waals surface area (Å²) in [5.41, 5.74) is 1.18. The van der Waals surface area contributed by atoms with Crippen LogP contribution in [-0.4, -0.2) is 42.0 Å². The van der Waals surface area contributed by atoms with Gasteiger partial charge in [0.05, 0.1) is 19.4 Å². The van der Waals surface area contributed by atoms with Crippen LogP contribution in [0.1, 0.15) is 23.8 Å². The minimum absolute atomic E-state index is 0.0717. The van der Waals surface area contributed by atoms with Crippen molar-refractivity contribution in [3.05, 3.63) is 60.0 Å². The maximum atomic E-state index is 12.5. The van der Waals surface area contributed by atoms with E-state index in [0.29, 0.717) is 11.4 Å². The summed E-state index contributed by atoms with van der Waals surface area (Å²) in [5.74, 6) is -0.572. The Balaban J connectivity index is 1.35. The molecule has 4 rings (SSSR count). The fraction of sp³-hybridized carbons (Fsp3) is 0.273. The number of benzene rings is 2. The lowest BCUT2D eigenvalue weighted by Gasteiger charge is -2.17. The third-order valence-electron chi connectivity index (χ3n) is 5.07. The number of hydrogen-bond acceptors (Lipinski definition) is 7. The van der Waals surface area contributed by atoms with Crippen molar-refractivity contribution >= 4 is 23.5 Å². The summed E-state index contributed by atoms with van der Waals surface area (Å²) < 4.78 is 51.4. The summed E-state index contributed by atoms with van der Waals surface area (Å²) >= 11 is 0. The first-order chi connectivity index (χ1) is 16.2. The summed E-state index contributed by atoms with van der Waals surface area (Å²) in [7, 11) is 1.55. The summed E-state index contributed by atoms with van der Waals surface area (Å²) in [6.07, 6.45) is -4.64. The Morgan fingerprint density at radius 1 is 1.12 bits per heavy atom. The molecule has 1 aliphatic rings. The Bertz CT molecular complexity index is 1160. The molecule has 178 valence electrons. The van der Waals surface area contributed by atoms with E-state index in [9.17, 15) is 22.8 Å². The maximum absolute atomic E-state index is 12.5. The van der Waals surface area contributed by atoms with Gasteiger partial charge in [0.1, 0.15) is 11.5 Å². The number of nitrogens with zero attached hydrogens (tertiary/aromatic N) is 3. The van der Waals surface area contributed by atoms with Crippen molar-refractivity contribution in [1.29, 1.82) is 0 Å². The van der Waals surface area contributed by atoms with Crippen molar-refractivity contribution in [3.63, 3.8) is 0 Å². The number of aromatic nitrogens is 2. The van der Waals surface area contributed by atoms with Crippen LogP contribution in [0.3, 0.4) is 0 Å². The third-order valence-corrected chi connectivity index (χ3v) is 5.07. The SMILES string of the molecule is COc1ccc(CC(=O)Nc2nnc([C@H]3CC(=O)N(c4ccc(OC(F)(F)F)cc4)C3)o2)cc1. The van der Waals surface area contributed by atoms with Crippen LogP contribution in [0, 0.1) is 0 Å². The average molecular weight is 476 g/mol. The minimum atomic E-state index is -4.80. The quantitative estimate of drug-likeness (QED) is 0.554. The van der Waals surface area contributed by atoms with Gasteiger partial charge in [-0.15, -0.1) is 18.3 Å². The van der Waals surface area contributed by atoms with E-state index < -0.39 is 12.3 Å². The molecular formula is C22H19F3N4O5. The molecule has 0 radical (unpaired) electrons. The van der Waals surface area contributed by atoms with E-state index in [1.165, 1.54) is 17.0 Å². The van der Waals surface area contributed by atoms with Gasteiger partial charge >= 0.3 is 12.4 Å². The van der Waals surface area contributed by atoms with E-state index in [0.717, 1.165) is 17.7 Å². The zero-order valence-corrected chi connectivity index (χ0v) is 17.8. The van der Waals surface area contributed by atoms with Crippen LogP contribution in [0.2, 0.25) is 0 Å². The summed E-state index contributed by atoms with van der Waals surface area (Å²) in [6, 6.07) is 11.9. The van der Waals surface area contributed by atoms with Crippen LogP contribution < -0.4 is 19.7 Å². The number of amides is 2. The molecule has 0 saturated carbocycles. The number of methoxy groups -OCH3 is 1. The summed E-state index contributed by atoms with van der Waals surface area (Å²) in [6.45, 7) is 0.194. The van der Waals surface area contributed by atoms with Gasteiger partial charge < -0.3 is 18.8 Å². The van der Waals surface area contributed by atoms with Gasteiger partial charge in [-0.05, 0) is 42.0 Å². The Labute approximate surface area is 191 Å². The molecule has 2 aromatic carbocycles. The van der Waals surface area contributed by atoms with Gasteiger partial charge in [0.25, 0.3) is 0 Å². The third kappa shape index (κ3) is 5.63. The van der Waals surface area contributed by atoms with Gasteiger partial charge in [-0.2, -0.15) is 0 Å². The van der Waals surface area contributed by atoms with E-state index in [1.54, 1.807) is 31.4 Å². The average Bonchev–Trinajstić information content (AvgIpc) is 3.40. The molecule has 1 fully saturated rings. The number of ether oxygens (including phenoxy) is 2. The van der Waals surface area contributed by atoms with Crippen molar-refractivity contribution < 1.29 is 36.7 Å². The van der Waals surface area contributed by atoms with Crippen LogP contribution in [0.25, 0.3) is 0 Å². The number of nitrogens with one attached hydrogen (secondary N) is 1. The zero-order chi connectivity index (χ0) is 24.3. The van der Waals surface area contributed by atoms with E-state index in [-0.39, 0.29) is 48.9 Å². The normalized spacial score (nSPS) is 15.9. The highest BCUT2D eigenvalue weighted by molar-refractivity contribution is 5.96. The van der Waals surface area contributed by atoms with Gasteiger partial charge in [0.15, 0.2) is 0 Å². The van der Waals surface area contributed by atoms with Crippen LogP contribution in [0.15, 0.2) is 52.9 Å². The van der Waals surface area contributed by atoms with Crippen LogP contribution in [0.4, 0.5) is 24.9 Å². The fourth-order valence-electron chi connectivity index (χ4n) is 3.49. The zero-order valence-electron chi connectivity index (χ0n) is 17.8. The van der Waals surface area contributed by atoms with Gasteiger partial charge in [0.2, 0.25) is 17.7 Å². The highest BCUT2D eigenvalue weighted by atomic mass is 19.4. The summed E-state index contributed by atoms with van der Waals surface area (Å²) in [5, 5.41) is 10.3. The lowest BCUT2D eigenvalue weighted by molar-refractivity contribution is -0.274. The van der Waals surface area contributed by atoms with Crippen molar-refractivity contribution in [2.75, 3.05) is 23.9 Å². The highest BCUT2D eigenvalue weighted by Crippen LogP contribution is 2.33. The first kappa shape index (κ1) is 23.1. The van der Waals surface area contributed by atoms with Crippen molar-refractivity contribution in [3.8, 4) is 11.5 Å². The molecule has 1 aromatic heterocycles. The largest absolute Gasteiger partial charge is 0.573 e. The first-order valence-corrected chi connectivity index (χ1v) is 10.1. The molecule has 3 aromatic rings. The molecule has 1 atom stereocenters. The van der Waals surface area contributed by atoms with E-state index >= 15 is 0 Å². The van der Waals surface area contributed by atoms with Crippen molar-refractivity contribution in [2.24, 2.45) is 0 Å². The predicted molar refractivity (Wildman–Crippen MR) is 112 cm³/mol. The second kappa shape index (κ2) is 9.41. The minimum Gasteiger partial charge on any atom is -0.497 e. The maximum Gasteiger partial charge on any atom is 0.573 e. The van der Waals surface area contributed by atoms with E-state index in [1.807, 2.05) is 0 Å². The van der Waals surface area contributed by atoms with Gasteiger partial charge in [-0.1, -0.05) is 17.2 Å². The highest BCUT2D eigenvalue weighted by Gasteiger charge is 2.35. The molecule has 0 aliphatic carbocycles. The molecule has 2 heterocycles. The lowest BCUT2D eigenvalue weighted by Crippen LogP contribution is -2.24. The first-order valence-electron chi connectivity index (χ1n) is 10.1. The number of anilines is 2. The number of halogens is 3. The predicted octanol–water partition coefficient (Wildman–Crippen LogP) is 3.68. The Morgan fingerprint density at radius 3 is 2.44 bits per heavy atom. The smallest absolute Gasteiger partial charge is 0.497 e. The van der Waals surface area contributed by atoms with E-state index in [2.05, 4.69) is 20.3 Å². The van der Waals surface area contributed by atoms with Gasteiger partial charge in [-0.25, -0.2) is 0 Å². The number of carbonyl (C=O) groups excluding carboxylic acids is 2. The van der Waals surface area contributed by atoms with Crippen molar-refractivity contribution in [2.45, 2.75) is 25.1 Å². The van der Waals surface area contributed by atoms with Crippen LogP contribution in [-0.2, 0) is 16.0 Å². The molecule has 12 heteroatoms. The molecule has 0 unspecified atom stereocenters. The number of hydrogen-bond donors (Lipinski definition) is 1. The molecule has 1 N–H and O–H groups in total. The Kier molecular flexibility index (Phi) is 6.39. The van der Waals surface area contributed by atoms with Gasteiger partial charge in [-0.3, -0.25) is 14.9 Å². The second-order valence-electron chi connectivity index (χ2n) is 7.47. The molecule has 0 bridgehead atoms. The lowest BCUT2D eigenvalue weighted by atomic mass is 10.1. The van der Waals surface area contributed by atoms with E-state index in [4.69, 9.17) is 9.15 Å². The molecule has 0 spiro atoms. The number of alkyl halides is 3. The topological polar surface area (TPSA) is 107 Å². The second-order valence-corrected chi connectivity index (χ2v) is 7.47. The Morgan fingerprint density at radius 2 is 1.79 bits per heavy atom. The fourth-order valence-corrected chi connectivity index (χ4v) is 3.49. The molecule has 1 saturated heterocycles. The van der Waals surface area contributed by atoms with Crippen molar-refractivity contribution in [1.82, 2.24) is 10.2 Å². The molecule has 2 amide bonds. The number of rotatable bonds is 7. The summed E-state index contributed by atoms with van der Waals surface area (Å²) in [4.78, 5) is 26.1. The van der Waals surface area contributed by atoms with Crippen LogP contribution >= 0.6 is 0 Å². The molecular weight excluding hydrogens is 457 g/mol. The molecule has 9 nitrogen and oxygen atoms in total. The molecule has 1 aliphatic heterocycles. The van der Waals surface area contributed by atoms with Gasteiger partial charge in [0, 0.05) is 18.7 Å². The standard InChI is InChI=1S/C22H19F3N4O5/c1-32-16-6-2-13(3-7-16)10-18(30)26-21-28-27-20(33-21)14-11-19(31)29(12-14)15-4-8-17(9-5-15)34-22(23,24)25/h2-9,14H,10-12H2,1H3,(H,26,28,30)/t14-/m0/s1. The Hall–Kier alpha value is -4.09.